The molecule has 0 aliphatic carbocycles. The number of aryl methyl sites for hydroxylation is 1. The van der Waals surface area contributed by atoms with Gasteiger partial charge in [0.05, 0.1) is 16.1 Å². The second kappa shape index (κ2) is 11.7. The van der Waals surface area contributed by atoms with E-state index >= 15 is 0 Å². The van der Waals surface area contributed by atoms with Crippen LogP contribution < -0.4 is 4.90 Å². The van der Waals surface area contributed by atoms with Gasteiger partial charge in [-0.25, -0.2) is 4.99 Å². The van der Waals surface area contributed by atoms with Crippen molar-refractivity contribution < 1.29 is 4.79 Å². The van der Waals surface area contributed by atoms with E-state index in [4.69, 9.17) is 4.99 Å². The van der Waals surface area contributed by atoms with Crippen molar-refractivity contribution in [2.24, 2.45) is 4.99 Å². The predicted octanol–water partition coefficient (Wildman–Crippen LogP) is 8.34. The highest BCUT2D eigenvalue weighted by Crippen LogP contribution is 2.40. The summed E-state index contributed by atoms with van der Waals surface area (Å²) in [6.45, 7) is 10.6. The standard InChI is InChI=1S/C34H37N3OS/c1-5-20-37-30-19-18-27(22-29(30)25(2)24-34(37,3)4)23-31-32(38)36(21-12-15-26-13-8-6-9-14-26)33(39-31)35-28-16-10-7-11-17-28/h6-11,13-14,16-19,22-24H,5,12,15,20-21H2,1-4H3/b31-23+,35-33?. The van der Waals surface area contributed by atoms with Crippen molar-refractivity contribution in [3.8, 4) is 0 Å². The lowest BCUT2D eigenvalue weighted by Gasteiger charge is -2.43. The maximum Gasteiger partial charge on any atom is 0.266 e. The third-order valence-electron chi connectivity index (χ3n) is 7.31. The van der Waals surface area contributed by atoms with Gasteiger partial charge >= 0.3 is 0 Å². The van der Waals surface area contributed by atoms with Crippen molar-refractivity contribution in [3.05, 3.63) is 107 Å². The second-order valence-electron chi connectivity index (χ2n) is 10.8. The molecule has 0 atom stereocenters. The minimum atomic E-state index is -0.0204. The molecule has 3 aromatic carbocycles. The number of para-hydroxylation sites is 1. The van der Waals surface area contributed by atoms with Crippen LogP contribution in [0.15, 0.2) is 94.8 Å². The Morgan fingerprint density at radius 1 is 0.949 bits per heavy atom. The largest absolute Gasteiger partial charge is 0.362 e. The summed E-state index contributed by atoms with van der Waals surface area (Å²) < 4.78 is 0. The smallest absolute Gasteiger partial charge is 0.266 e. The first-order valence-corrected chi connectivity index (χ1v) is 14.7. The molecule has 1 amide bonds. The van der Waals surface area contributed by atoms with Crippen LogP contribution in [0.4, 0.5) is 11.4 Å². The zero-order valence-corrected chi connectivity index (χ0v) is 24.2. The van der Waals surface area contributed by atoms with Gasteiger partial charge in [-0.3, -0.25) is 9.69 Å². The van der Waals surface area contributed by atoms with Gasteiger partial charge in [0.2, 0.25) is 0 Å². The molecule has 2 aliphatic rings. The fourth-order valence-electron chi connectivity index (χ4n) is 5.46. The minimum Gasteiger partial charge on any atom is -0.362 e. The zero-order valence-electron chi connectivity index (χ0n) is 23.4. The third kappa shape index (κ3) is 6.04. The summed E-state index contributed by atoms with van der Waals surface area (Å²) in [4.78, 5) is 23.6. The van der Waals surface area contributed by atoms with Crippen molar-refractivity contribution in [2.45, 2.75) is 52.5 Å². The molecule has 5 heteroatoms. The van der Waals surface area contributed by atoms with Crippen LogP contribution in [0, 0.1) is 0 Å². The molecule has 0 unspecified atom stereocenters. The lowest BCUT2D eigenvalue weighted by molar-refractivity contribution is -0.122. The van der Waals surface area contributed by atoms with Gasteiger partial charge in [0.25, 0.3) is 5.91 Å². The molecule has 1 saturated heterocycles. The van der Waals surface area contributed by atoms with Crippen LogP contribution in [0.3, 0.4) is 0 Å². The monoisotopic (exact) mass is 535 g/mol. The van der Waals surface area contributed by atoms with Crippen LogP contribution >= 0.6 is 11.8 Å². The van der Waals surface area contributed by atoms with E-state index in [-0.39, 0.29) is 11.4 Å². The van der Waals surface area contributed by atoms with Gasteiger partial charge in [-0.1, -0.05) is 67.6 Å². The Kier molecular flexibility index (Phi) is 8.08. The Bertz CT molecular complexity index is 1420. The fraction of sp³-hybridized carbons (Fsp3) is 0.294. The molecule has 3 aromatic rings. The van der Waals surface area contributed by atoms with E-state index in [1.807, 2.05) is 47.4 Å². The first kappa shape index (κ1) is 27.0. The van der Waals surface area contributed by atoms with Gasteiger partial charge in [-0.05, 0) is 98.8 Å². The van der Waals surface area contributed by atoms with Crippen molar-refractivity contribution >= 4 is 45.9 Å². The summed E-state index contributed by atoms with van der Waals surface area (Å²) in [5, 5.41) is 0.746. The van der Waals surface area contributed by atoms with E-state index < -0.39 is 0 Å². The molecule has 0 aromatic heterocycles. The lowest BCUT2D eigenvalue weighted by Crippen LogP contribution is -2.45. The number of hydrogen-bond donors (Lipinski definition) is 0. The minimum absolute atomic E-state index is 0.0204. The third-order valence-corrected chi connectivity index (χ3v) is 8.31. The average molecular weight is 536 g/mol. The highest BCUT2D eigenvalue weighted by atomic mass is 32.2. The molecule has 2 aliphatic heterocycles. The van der Waals surface area contributed by atoms with Gasteiger partial charge in [-0.2, -0.15) is 0 Å². The summed E-state index contributed by atoms with van der Waals surface area (Å²) >= 11 is 1.47. The van der Waals surface area contributed by atoms with E-state index in [9.17, 15) is 4.79 Å². The Balaban J connectivity index is 1.43. The number of nitrogens with zero attached hydrogens (tertiary/aromatic N) is 3. The van der Waals surface area contributed by atoms with Crippen LogP contribution in [0.5, 0.6) is 0 Å². The molecule has 0 saturated carbocycles. The number of anilines is 1. The molecule has 39 heavy (non-hydrogen) atoms. The molecule has 2 heterocycles. The SMILES string of the molecule is CCCN1c2ccc(/C=C3/SC(=Nc4ccccc4)N(CCCc4ccccc4)C3=O)cc2C(C)=CC1(C)C. The van der Waals surface area contributed by atoms with Crippen molar-refractivity contribution in [1.82, 2.24) is 4.90 Å². The number of amides is 1. The maximum atomic E-state index is 13.7. The number of benzene rings is 3. The summed E-state index contributed by atoms with van der Waals surface area (Å²) in [7, 11) is 0. The lowest BCUT2D eigenvalue weighted by atomic mass is 9.88. The van der Waals surface area contributed by atoms with E-state index in [1.165, 1.54) is 34.1 Å². The molecule has 0 bridgehead atoms. The van der Waals surface area contributed by atoms with Crippen molar-refractivity contribution in [3.63, 3.8) is 0 Å². The number of fused-ring (bicyclic) bond motifs is 1. The molecule has 0 radical (unpaired) electrons. The number of allylic oxidation sites excluding steroid dienone is 1. The molecule has 4 nitrogen and oxygen atoms in total. The number of aliphatic imine (C=N–C) groups is 1. The highest BCUT2D eigenvalue weighted by molar-refractivity contribution is 8.18. The van der Waals surface area contributed by atoms with Crippen LogP contribution in [0.1, 0.15) is 57.2 Å². The Hall–Kier alpha value is -3.57. The topological polar surface area (TPSA) is 35.9 Å². The molecular weight excluding hydrogens is 498 g/mol. The van der Waals surface area contributed by atoms with E-state index in [1.54, 1.807) is 0 Å². The van der Waals surface area contributed by atoms with Crippen molar-refractivity contribution in [2.75, 3.05) is 18.0 Å². The number of carbonyl (C=O) groups is 1. The molecule has 0 N–H and O–H groups in total. The first-order chi connectivity index (χ1) is 18.9. The van der Waals surface area contributed by atoms with Gasteiger partial charge in [0.1, 0.15) is 0 Å². The van der Waals surface area contributed by atoms with E-state index in [0.29, 0.717) is 11.4 Å². The summed E-state index contributed by atoms with van der Waals surface area (Å²) in [6, 6.07) is 26.9. The van der Waals surface area contributed by atoms with Crippen LogP contribution in [-0.4, -0.2) is 34.6 Å². The first-order valence-electron chi connectivity index (χ1n) is 13.9. The number of rotatable bonds is 8. The molecule has 5 rings (SSSR count). The van der Waals surface area contributed by atoms with Gasteiger partial charge in [0.15, 0.2) is 5.17 Å². The van der Waals surface area contributed by atoms with Gasteiger partial charge < -0.3 is 4.90 Å². The molecule has 0 spiro atoms. The number of hydrogen-bond acceptors (Lipinski definition) is 4. The second-order valence-corrected chi connectivity index (χ2v) is 11.8. The summed E-state index contributed by atoms with van der Waals surface area (Å²) in [6.07, 6.45) is 7.28. The maximum absolute atomic E-state index is 13.7. The quantitative estimate of drug-likeness (QED) is 0.272. The van der Waals surface area contributed by atoms with Crippen LogP contribution in [0.2, 0.25) is 0 Å². The van der Waals surface area contributed by atoms with Crippen LogP contribution in [0.25, 0.3) is 11.6 Å². The van der Waals surface area contributed by atoms with Crippen LogP contribution in [-0.2, 0) is 11.2 Å². The Morgan fingerprint density at radius 3 is 2.38 bits per heavy atom. The van der Waals surface area contributed by atoms with Crippen molar-refractivity contribution in [1.29, 1.82) is 0 Å². The zero-order chi connectivity index (χ0) is 27.4. The number of thioether (sulfide) groups is 1. The number of carbonyl (C=O) groups excluding carboxylic acids is 1. The molecular formula is C34H37N3OS. The highest BCUT2D eigenvalue weighted by Gasteiger charge is 2.34. The Morgan fingerprint density at radius 2 is 1.67 bits per heavy atom. The van der Waals surface area contributed by atoms with E-state index in [2.05, 4.69) is 81.1 Å². The molecule has 200 valence electrons. The predicted molar refractivity (Wildman–Crippen MR) is 167 cm³/mol. The average Bonchev–Trinajstić information content (AvgIpc) is 3.21. The normalized spacial score (nSPS) is 18.6. The Labute approximate surface area is 237 Å². The van der Waals surface area contributed by atoms with Gasteiger partial charge in [-0.15, -0.1) is 0 Å². The van der Waals surface area contributed by atoms with E-state index in [0.717, 1.165) is 42.2 Å². The summed E-state index contributed by atoms with van der Waals surface area (Å²) in [5.74, 6) is 0.0291. The fourth-order valence-corrected chi connectivity index (χ4v) is 6.49. The van der Waals surface area contributed by atoms with Gasteiger partial charge in [0, 0.05) is 24.3 Å². The molecule has 1 fully saturated rings. The number of amidine groups is 1. The summed E-state index contributed by atoms with van der Waals surface area (Å²) in [5.41, 5.74) is 6.95.